The lowest BCUT2D eigenvalue weighted by Gasteiger charge is -2.35. The lowest BCUT2D eigenvalue weighted by molar-refractivity contribution is 0.0371. The van der Waals surface area contributed by atoms with E-state index in [9.17, 15) is 4.79 Å². The minimum absolute atomic E-state index is 0.0862. The molecule has 18 heavy (non-hydrogen) atoms. The van der Waals surface area contributed by atoms with Gasteiger partial charge in [0.15, 0.2) is 5.16 Å². The highest BCUT2D eigenvalue weighted by molar-refractivity contribution is 7.99. The maximum absolute atomic E-state index is 11.4. The predicted octanol–water partition coefficient (Wildman–Crippen LogP) is 1.90. The van der Waals surface area contributed by atoms with E-state index in [1.807, 2.05) is 6.92 Å². The molecule has 0 amide bonds. The van der Waals surface area contributed by atoms with Gasteiger partial charge in [-0.05, 0) is 30.9 Å². The van der Waals surface area contributed by atoms with Crippen molar-refractivity contribution in [1.29, 1.82) is 0 Å². The van der Waals surface area contributed by atoms with E-state index < -0.39 is 0 Å². The number of rotatable bonds is 4. The summed E-state index contributed by atoms with van der Waals surface area (Å²) in [5.41, 5.74) is 0.874. The summed E-state index contributed by atoms with van der Waals surface area (Å²) in [6.45, 7) is 3.44. The Bertz CT molecular complexity index is 456. The monoisotopic (exact) mass is 286 g/mol. The van der Waals surface area contributed by atoms with Crippen molar-refractivity contribution in [2.75, 3.05) is 24.7 Å². The van der Waals surface area contributed by atoms with Gasteiger partial charge in [0.25, 0.3) is 5.56 Å². The van der Waals surface area contributed by atoms with E-state index in [1.54, 1.807) is 11.8 Å². The van der Waals surface area contributed by atoms with Crippen LogP contribution in [0.5, 0.6) is 0 Å². The lowest BCUT2D eigenvalue weighted by atomic mass is 9.84. The van der Waals surface area contributed by atoms with Crippen molar-refractivity contribution >= 4 is 24.4 Å². The van der Waals surface area contributed by atoms with Gasteiger partial charge in [0, 0.05) is 30.7 Å². The first-order valence-electron chi connectivity index (χ1n) is 6.03. The Balaban J connectivity index is 2.03. The van der Waals surface area contributed by atoms with Gasteiger partial charge in [-0.25, -0.2) is 4.98 Å². The highest BCUT2D eigenvalue weighted by Crippen LogP contribution is 2.36. The van der Waals surface area contributed by atoms with Crippen LogP contribution in [0.25, 0.3) is 0 Å². The van der Waals surface area contributed by atoms with Crippen LogP contribution in [0.4, 0.5) is 0 Å². The summed E-state index contributed by atoms with van der Waals surface area (Å²) in [6, 6.07) is 1.51. The van der Waals surface area contributed by atoms with Crippen molar-refractivity contribution in [3.8, 4) is 0 Å². The number of nitrogens with one attached hydrogen (secondary N) is 1. The van der Waals surface area contributed by atoms with Crippen LogP contribution in [0.2, 0.25) is 0 Å². The number of thiol groups is 1. The smallest absolute Gasteiger partial charge is 0.251 e. The summed E-state index contributed by atoms with van der Waals surface area (Å²) >= 11 is 6.08. The highest BCUT2D eigenvalue weighted by atomic mass is 32.2. The number of aromatic nitrogens is 2. The number of aryl methyl sites for hydroxylation is 1. The molecule has 0 saturated carbocycles. The van der Waals surface area contributed by atoms with Gasteiger partial charge >= 0.3 is 0 Å². The molecule has 0 bridgehead atoms. The zero-order valence-corrected chi connectivity index (χ0v) is 12.2. The molecule has 1 saturated heterocycles. The molecule has 0 radical (unpaired) electrons. The van der Waals surface area contributed by atoms with Crippen LogP contribution in [0.3, 0.4) is 0 Å². The largest absolute Gasteiger partial charge is 0.381 e. The summed E-state index contributed by atoms with van der Waals surface area (Å²) in [5, 5.41) is 0.702. The molecule has 6 heteroatoms. The average molecular weight is 286 g/mol. The third-order valence-electron chi connectivity index (χ3n) is 3.25. The molecule has 2 heterocycles. The van der Waals surface area contributed by atoms with E-state index in [4.69, 9.17) is 4.74 Å². The third kappa shape index (κ3) is 3.52. The van der Waals surface area contributed by atoms with E-state index in [0.29, 0.717) is 5.16 Å². The standard InChI is InChI=1S/C12H18N2O2S2/c1-9-6-10(15)14-11(13-9)18-8-12(7-17)2-4-16-5-3-12/h6,17H,2-5,7-8H2,1H3,(H,13,14,15). The second kappa shape index (κ2) is 6.12. The number of hydrogen-bond acceptors (Lipinski definition) is 5. The Morgan fingerprint density at radius 2 is 2.28 bits per heavy atom. The van der Waals surface area contributed by atoms with Gasteiger partial charge in [-0.15, -0.1) is 0 Å². The normalized spacial score (nSPS) is 18.8. The van der Waals surface area contributed by atoms with Crippen LogP contribution in [-0.2, 0) is 4.74 Å². The zero-order chi connectivity index (χ0) is 13.0. The van der Waals surface area contributed by atoms with Crippen LogP contribution in [-0.4, -0.2) is 34.7 Å². The fourth-order valence-electron chi connectivity index (χ4n) is 1.99. The average Bonchev–Trinajstić information content (AvgIpc) is 2.36. The summed E-state index contributed by atoms with van der Waals surface area (Å²) in [7, 11) is 0. The molecule has 0 unspecified atom stereocenters. The molecule has 0 spiro atoms. The zero-order valence-electron chi connectivity index (χ0n) is 10.4. The topological polar surface area (TPSA) is 55.0 Å². The summed E-state index contributed by atoms with van der Waals surface area (Å²) in [4.78, 5) is 18.5. The maximum Gasteiger partial charge on any atom is 0.251 e. The van der Waals surface area contributed by atoms with E-state index in [-0.39, 0.29) is 11.0 Å². The first-order valence-corrected chi connectivity index (χ1v) is 7.65. The molecule has 0 atom stereocenters. The fraction of sp³-hybridized carbons (Fsp3) is 0.667. The van der Waals surface area contributed by atoms with Crippen molar-refractivity contribution in [3.63, 3.8) is 0 Å². The van der Waals surface area contributed by atoms with E-state index in [0.717, 1.165) is 43.3 Å². The summed E-state index contributed by atoms with van der Waals surface area (Å²) in [6.07, 6.45) is 2.05. The van der Waals surface area contributed by atoms with Crippen LogP contribution in [0.15, 0.2) is 16.0 Å². The first kappa shape index (κ1) is 14.0. The van der Waals surface area contributed by atoms with Crippen LogP contribution in [0.1, 0.15) is 18.5 Å². The SMILES string of the molecule is Cc1cc(=O)[nH]c(SCC2(CS)CCOCC2)n1. The van der Waals surface area contributed by atoms with Crippen molar-refractivity contribution < 1.29 is 4.74 Å². The van der Waals surface area contributed by atoms with Crippen LogP contribution in [0, 0.1) is 12.3 Å². The molecular formula is C12H18N2O2S2. The molecular weight excluding hydrogens is 268 g/mol. The summed E-state index contributed by atoms with van der Waals surface area (Å²) < 4.78 is 5.40. The first-order chi connectivity index (χ1) is 8.63. The molecule has 1 fully saturated rings. The number of nitrogens with zero attached hydrogens (tertiary/aromatic N) is 1. The van der Waals surface area contributed by atoms with Gasteiger partial charge in [0.2, 0.25) is 0 Å². The van der Waals surface area contributed by atoms with Gasteiger partial charge in [0.1, 0.15) is 0 Å². The molecule has 1 N–H and O–H groups in total. The molecule has 1 aliphatic rings. The fourth-order valence-corrected chi connectivity index (χ4v) is 3.79. The molecule has 1 aliphatic heterocycles. The van der Waals surface area contributed by atoms with E-state index in [2.05, 4.69) is 22.6 Å². The van der Waals surface area contributed by atoms with Crippen molar-refractivity contribution in [2.24, 2.45) is 5.41 Å². The Labute approximate surface area is 116 Å². The second-order valence-corrected chi connectivity index (χ2v) is 6.03. The van der Waals surface area contributed by atoms with Gasteiger partial charge in [-0.1, -0.05) is 11.8 Å². The number of thioether (sulfide) groups is 1. The Morgan fingerprint density at radius 3 is 2.89 bits per heavy atom. The minimum Gasteiger partial charge on any atom is -0.381 e. The number of hydrogen-bond donors (Lipinski definition) is 2. The molecule has 4 nitrogen and oxygen atoms in total. The third-order valence-corrected chi connectivity index (χ3v) is 5.15. The van der Waals surface area contributed by atoms with Crippen molar-refractivity contribution in [1.82, 2.24) is 9.97 Å². The maximum atomic E-state index is 11.4. The van der Waals surface area contributed by atoms with Gasteiger partial charge < -0.3 is 9.72 Å². The quantitative estimate of drug-likeness (QED) is 0.504. The van der Waals surface area contributed by atoms with Gasteiger partial charge in [0.05, 0.1) is 0 Å². The Morgan fingerprint density at radius 1 is 1.56 bits per heavy atom. The van der Waals surface area contributed by atoms with E-state index in [1.165, 1.54) is 6.07 Å². The Kier molecular flexibility index (Phi) is 4.75. The number of aromatic amines is 1. The van der Waals surface area contributed by atoms with Crippen molar-refractivity contribution in [2.45, 2.75) is 24.9 Å². The summed E-state index contributed by atoms with van der Waals surface area (Å²) in [5.74, 6) is 1.77. The molecule has 2 rings (SSSR count). The Hall–Kier alpha value is -0.460. The molecule has 0 aromatic carbocycles. The second-order valence-electron chi connectivity index (χ2n) is 4.75. The minimum atomic E-state index is -0.0862. The molecule has 1 aromatic heterocycles. The molecule has 100 valence electrons. The van der Waals surface area contributed by atoms with Crippen LogP contribution >= 0.6 is 24.4 Å². The molecule has 1 aromatic rings. The number of ether oxygens (including phenoxy) is 1. The van der Waals surface area contributed by atoms with Crippen molar-refractivity contribution in [3.05, 3.63) is 22.1 Å². The number of H-pyrrole nitrogens is 1. The highest BCUT2D eigenvalue weighted by Gasteiger charge is 2.31. The lowest BCUT2D eigenvalue weighted by Crippen LogP contribution is -2.33. The predicted molar refractivity (Wildman–Crippen MR) is 76.7 cm³/mol. The van der Waals surface area contributed by atoms with Gasteiger partial charge in [-0.2, -0.15) is 12.6 Å². The molecule has 0 aliphatic carbocycles. The van der Waals surface area contributed by atoms with E-state index >= 15 is 0 Å². The van der Waals surface area contributed by atoms with Gasteiger partial charge in [-0.3, -0.25) is 4.79 Å². The van der Waals surface area contributed by atoms with Crippen LogP contribution < -0.4 is 5.56 Å².